The minimum Gasteiger partial charge on any atom is -0.466 e. The van der Waals surface area contributed by atoms with E-state index >= 15 is 0 Å². The monoisotopic (exact) mass is 243 g/mol. The summed E-state index contributed by atoms with van der Waals surface area (Å²) in [5.41, 5.74) is 0. The topological polar surface area (TPSA) is 56.8 Å². The number of carbonyl (C=O) groups is 1. The van der Waals surface area contributed by atoms with Crippen molar-refractivity contribution in [3.8, 4) is 0 Å². The van der Waals surface area contributed by atoms with Crippen molar-refractivity contribution >= 4 is 5.97 Å². The molecule has 0 aromatic heterocycles. The quantitative estimate of drug-likeness (QED) is 0.733. The van der Waals surface area contributed by atoms with Crippen LogP contribution in [0.2, 0.25) is 0 Å². The smallest absolute Gasteiger partial charge is 0.310 e. The lowest BCUT2D eigenvalue weighted by molar-refractivity contribution is -0.157. The van der Waals surface area contributed by atoms with Gasteiger partial charge in [-0.1, -0.05) is 0 Å². The lowest BCUT2D eigenvalue weighted by Gasteiger charge is -2.23. The zero-order chi connectivity index (χ0) is 12.5. The van der Waals surface area contributed by atoms with E-state index in [1.54, 1.807) is 0 Å². The lowest BCUT2D eigenvalue weighted by atomic mass is 9.91. The molecule has 1 N–H and O–H groups in total. The van der Waals surface area contributed by atoms with Crippen LogP contribution in [0.3, 0.4) is 0 Å². The van der Waals surface area contributed by atoms with E-state index in [1.165, 1.54) is 0 Å². The van der Waals surface area contributed by atoms with Crippen LogP contribution in [-0.4, -0.2) is 44.2 Å². The van der Waals surface area contributed by atoms with Crippen LogP contribution >= 0.6 is 0 Å². The highest BCUT2D eigenvalue weighted by Gasteiger charge is 2.45. The molecule has 0 bridgehead atoms. The molecule has 98 valence electrons. The fraction of sp³-hybridized carbons (Fsp3) is 0.917. The van der Waals surface area contributed by atoms with Crippen molar-refractivity contribution in [3.63, 3.8) is 0 Å². The molecule has 5 nitrogen and oxygen atoms in total. The molecule has 2 aliphatic heterocycles. The Morgan fingerprint density at radius 1 is 1.47 bits per heavy atom. The van der Waals surface area contributed by atoms with Crippen LogP contribution in [-0.2, 0) is 19.0 Å². The summed E-state index contributed by atoms with van der Waals surface area (Å²) in [7, 11) is 0. The van der Waals surface area contributed by atoms with Gasteiger partial charge in [0, 0.05) is 19.0 Å². The van der Waals surface area contributed by atoms with Gasteiger partial charge in [-0.2, -0.15) is 0 Å². The highest BCUT2D eigenvalue weighted by atomic mass is 16.7. The predicted molar refractivity (Wildman–Crippen MR) is 61.4 cm³/mol. The van der Waals surface area contributed by atoms with E-state index in [0.717, 1.165) is 6.54 Å². The maximum atomic E-state index is 11.8. The Morgan fingerprint density at radius 2 is 2.24 bits per heavy atom. The van der Waals surface area contributed by atoms with Crippen molar-refractivity contribution in [2.24, 2.45) is 11.8 Å². The lowest BCUT2D eigenvalue weighted by Crippen LogP contribution is -2.35. The first-order chi connectivity index (χ1) is 8.03. The van der Waals surface area contributed by atoms with Gasteiger partial charge in [0.15, 0.2) is 5.79 Å². The van der Waals surface area contributed by atoms with Crippen LogP contribution in [0.1, 0.15) is 20.8 Å². The number of hydrogen-bond donors (Lipinski definition) is 1. The molecule has 0 aliphatic carbocycles. The van der Waals surface area contributed by atoms with E-state index < -0.39 is 5.79 Å². The number of nitrogens with one attached hydrogen (secondary N) is 1. The maximum Gasteiger partial charge on any atom is 0.310 e. The third-order valence-electron chi connectivity index (χ3n) is 3.36. The molecular formula is C12H21NO4. The molecule has 5 heteroatoms. The Morgan fingerprint density at radius 3 is 2.82 bits per heavy atom. The Balaban J connectivity index is 1.98. The highest BCUT2D eigenvalue weighted by molar-refractivity contribution is 5.73. The summed E-state index contributed by atoms with van der Waals surface area (Å²) in [6.07, 6.45) is -0.0191. The standard InChI is InChI=1S/C12H21NO4/c1-4-15-11(14)9-6-13-5-8(9)10-7-16-12(2,3)17-10/h8-10,13H,4-7H2,1-3H3. The van der Waals surface area contributed by atoms with Crippen molar-refractivity contribution < 1.29 is 19.0 Å². The first kappa shape index (κ1) is 12.8. The van der Waals surface area contributed by atoms with E-state index in [1.807, 2.05) is 20.8 Å². The summed E-state index contributed by atoms with van der Waals surface area (Å²) in [4.78, 5) is 11.8. The van der Waals surface area contributed by atoms with Gasteiger partial charge in [0.2, 0.25) is 0 Å². The second-order valence-electron chi connectivity index (χ2n) is 5.05. The number of esters is 1. The molecule has 2 saturated heterocycles. The summed E-state index contributed by atoms with van der Waals surface area (Å²) < 4.78 is 16.5. The molecule has 3 unspecified atom stereocenters. The fourth-order valence-corrected chi connectivity index (χ4v) is 2.52. The van der Waals surface area contributed by atoms with Crippen LogP contribution in [0.15, 0.2) is 0 Å². The van der Waals surface area contributed by atoms with E-state index in [0.29, 0.717) is 19.8 Å². The van der Waals surface area contributed by atoms with Crippen LogP contribution in [0, 0.1) is 11.8 Å². The third-order valence-corrected chi connectivity index (χ3v) is 3.36. The zero-order valence-electron chi connectivity index (χ0n) is 10.7. The first-order valence-electron chi connectivity index (χ1n) is 6.22. The summed E-state index contributed by atoms with van der Waals surface area (Å²) in [5, 5.41) is 3.23. The van der Waals surface area contributed by atoms with E-state index in [2.05, 4.69) is 5.32 Å². The minimum atomic E-state index is -0.535. The van der Waals surface area contributed by atoms with Crippen LogP contribution in [0.4, 0.5) is 0 Å². The Bertz CT molecular complexity index is 292. The van der Waals surface area contributed by atoms with Crippen molar-refractivity contribution in [1.29, 1.82) is 0 Å². The fourth-order valence-electron chi connectivity index (χ4n) is 2.52. The minimum absolute atomic E-state index is 0.0191. The molecular weight excluding hydrogens is 222 g/mol. The van der Waals surface area contributed by atoms with Crippen molar-refractivity contribution in [3.05, 3.63) is 0 Å². The highest BCUT2D eigenvalue weighted by Crippen LogP contribution is 2.32. The van der Waals surface area contributed by atoms with Crippen LogP contribution in [0.5, 0.6) is 0 Å². The molecule has 0 aromatic carbocycles. The normalized spacial score (nSPS) is 36.1. The summed E-state index contributed by atoms with van der Waals surface area (Å²) in [6.45, 7) is 8.05. The Labute approximate surface area is 102 Å². The summed E-state index contributed by atoms with van der Waals surface area (Å²) in [6, 6.07) is 0. The van der Waals surface area contributed by atoms with Gasteiger partial charge in [-0.15, -0.1) is 0 Å². The molecule has 2 fully saturated rings. The molecule has 17 heavy (non-hydrogen) atoms. The van der Waals surface area contributed by atoms with Gasteiger partial charge >= 0.3 is 5.97 Å². The number of carbonyl (C=O) groups excluding carboxylic acids is 1. The van der Waals surface area contributed by atoms with Crippen LogP contribution < -0.4 is 5.32 Å². The average Bonchev–Trinajstić information content (AvgIpc) is 2.84. The number of rotatable bonds is 3. The predicted octanol–water partition coefficient (Wildman–Crippen LogP) is 0.537. The Kier molecular flexibility index (Phi) is 3.70. The third kappa shape index (κ3) is 2.78. The first-order valence-corrected chi connectivity index (χ1v) is 6.22. The molecule has 2 rings (SSSR count). The SMILES string of the molecule is CCOC(=O)C1CNCC1C1COC(C)(C)O1. The average molecular weight is 243 g/mol. The van der Waals surface area contributed by atoms with E-state index in [9.17, 15) is 4.79 Å². The van der Waals surface area contributed by atoms with Crippen molar-refractivity contribution in [1.82, 2.24) is 5.32 Å². The van der Waals surface area contributed by atoms with E-state index in [4.69, 9.17) is 14.2 Å². The zero-order valence-corrected chi connectivity index (χ0v) is 10.7. The molecule has 2 aliphatic rings. The van der Waals surface area contributed by atoms with Gasteiger partial charge in [-0.3, -0.25) is 4.79 Å². The molecule has 2 heterocycles. The molecule has 0 saturated carbocycles. The molecule has 0 amide bonds. The number of ether oxygens (including phenoxy) is 3. The molecule has 0 aromatic rings. The molecule has 0 radical (unpaired) electrons. The number of hydrogen-bond acceptors (Lipinski definition) is 5. The molecule has 3 atom stereocenters. The summed E-state index contributed by atoms with van der Waals surface area (Å²) in [5.74, 6) is -0.629. The molecule has 0 spiro atoms. The Hall–Kier alpha value is -0.650. The van der Waals surface area contributed by atoms with Crippen molar-refractivity contribution in [2.75, 3.05) is 26.3 Å². The van der Waals surface area contributed by atoms with Crippen molar-refractivity contribution in [2.45, 2.75) is 32.7 Å². The van der Waals surface area contributed by atoms with Gasteiger partial charge < -0.3 is 19.5 Å². The van der Waals surface area contributed by atoms with Gasteiger partial charge in [-0.25, -0.2) is 0 Å². The largest absolute Gasteiger partial charge is 0.466 e. The second kappa shape index (κ2) is 4.92. The summed E-state index contributed by atoms with van der Waals surface area (Å²) >= 11 is 0. The van der Waals surface area contributed by atoms with Gasteiger partial charge in [0.1, 0.15) is 0 Å². The van der Waals surface area contributed by atoms with Gasteiger partial charge in [0.05, 0.1) is 25.2 Å². The van der Waals surface area contributed by atoms with Gasteiger partial charge in [-0.05, 0) is 20.8 Å². The van der Waals surface area contributed by atoms with E-state index in [-0.39, 0.29) is 23.9 Å². The maximum absolute atomic E-state index is 11.8. The van der Waals surface area contributed by atoms with Crippen LogP contribution in [0.25, 0.3) is 0 Å². The second-order valence-corrected chi connectivity index (χ2v) is 5.05. The van der Waals surface area contributed by atoms with Gasteiger partial charge in [0.25, 0.3) is 0 Å².